The van der Waals surface area contributed by atoms with Gasteiger partial charge in [-0.2, -0.15) is 0 Å². The van der Waals surface area contributed by atoms with Gasteiger partial charge in [-0.3, -0.25) is 14.6 Å². The number of ether oxygens (including phenoxy) is 1. The number of urea groups is 1. The van der Waals surface area contributed by atoms with Gasteiger partial charge in [-0.25, -0.2) is 4.79 Å². The Balaban J connectivity index is 1.37. The second kappa shape index (κ2) is 6.42. The average molecular weight is 343 g/mol. The molecule has 0 unspecified atom stereocenters. The number of nitrogens with one attached hydrogen (secondary N) is 1. The molecule has 25 heavy (non-hydrogen) atoms. The Morgan fingerprint density at radius 1 is 1.24 bits per heavy atom. The van der Waals surface area contributed by atoms with Crippen LogP contribution in [-0.4, -0.2) is 59.6 Å². The minimum atomic E-state index is -0.713. The third-order valence-electron chi connectivity index (χ3n) is 5.55. The van der Waals surface area contributed by atoms with Crippen molar-refractivity contribution in [1.29, 1.82) is 0 Å². The summed E-state index contributed by atoms with van der Waals surface area (Å²) in [5.41, 5.74) is 0.551. The van der Waals surface area contributed by atoms with Crippen molar-refractivity contribution in [2.45, 2.75) is 38.0 Å². The lowest BCUT2D eigenvalue weighted by atomic mass is 9.96. The second-order valence-corrected chi connectivity index (χ2v) is 7.54. The smallest absolute Gasteiger partial charge is 0.325 e. The molecule has 0 radical (unpaired) electrons. The average Bonchev–Trinajstić information content (AvgIpc) is 3.43. The summed E-state index contributed by atoms with van der Waals surface area (Å²) < 4.78 is 5.83. The van der Waals surface area contributed by atoms with Gasteiger partial charge in [0, 0.05) is 19.6 Å². The topological polar surface area (TPSA) is 61.9 Å². The summed E-state index contributed by atoms with van der Waals surface area (Å²) in [5.74, 6) is 0.194. The van der Waals surface area contributed by atoms with Gasteiger partial charge in [0.2, 0.25) is 0 Å². The minimum Gasteiger partial charge on any atom is -0.374 e. The van der Waals surface area contributed by atoms with Crippen LogP contribution in [0.15, 0.2) is 30.3 Å². The third kappa shape index (κ3) is 3.28. The van der Waals surface area contributed by atoms with Crippen molar-refractivity contribution in [3.05, 3.63) is 35.9 Å². The fourth-order valence-corrected chi connectivity index (χ4v) is 3.90. The fourth-order valence-electron chi connectivity index (χ4n) is 3.90. The van der Waals surface area contributed by atoms with Crippen molar-refractivity contribution in [3.8, 4) is 0 Å². The molecule has 134 valence electrons. The van der Waals surface area contributed by atoms with E-state index in [1.165, 1.54) is 10.5 Å². The van der Waals surface area contributed by atoms with Crippen molar-refractivity contribution in [3.63, 3.8) is 0 Å². The van der Waals surface area contributed by atoms with Crippen LogP contribution in [-0.2, 0) is 16.1 Å². The molecule has 1 aromatic rings. The number of carbonyl (C=O) groups excluding carboxylic acids is 2. The van der Waals surface area contributed by atoms with E-state index < -0.39 is 5.54 Å². The Kier molecular flexibility index (Phi) is 4.25. The highest BCUT2D eigenvalue weighted by Gasteiger charge is 2.56. The van der Waals surface area contributed by atoms with Crippen molar-refractivity contribution in [2.24, 2.45) is 5.92 Å². The monoisotopic (exact) mass is 343 g/mol. The summed E-state index contributed by atoms with van der Waals surface area (Å²) in [5, 5.41) is 2.90. The molecular weight excluding hydrogens is 318 g/mol. The predicted octanol–water partition coefficient (Wildman–Crippen LogP) is 1.61. The van der Waals surface area contributed by atoms with Gasteiger partial charge in [0.1, 0.15) is 5.54 Å². The van der Waals surface area contributed by atoms with E-state index in [2.05, 4.69) is 22.3 Å². The van der Waals surface area contributed by atoms with Crippen LogP contribution >= 0.6 is 0 Å². The number of carbonyl (C=O) groups is 2. The number of nitrogens with zero attached hydrogens (tertiary/aromatic N) is 2. The zero-order chi connectivity index (χ0) is 17.4. The molecule has 3 aliphatic rings. The number of rotatable bonds is 5. The van der Waals surface area contributed by atoms with E-state index in [0.29, 0.717) is 13.2 Å². The maximum Gasteiger partial charge on any atom is 0.325 e. The molecule has 0 spiro atoms. The van der Waals surface area contributed by atoms with E-state index in [1.807, 2.05) is 25.1 Å². The Morgan fingerprint density at radius 2 is 2.00 bits per heavy atom. The second-order valence-electron chi connectivity index (χ2n) is 7.54. The van der Waals surface area contributed by atoms with Crippen molar-refractivity contribution in [2.75, 3.05) is 26.2 Å². The molecule has 1 N–H and O–H groups in total. The van der Waals surface area contributed by atoms with Crippen LogP contribution in [0.3, 0.4) is 0 Å². The van der Waals surface area contributed by atoms with Gasteiger partial charge in [-0.15, -0.1) is 0 Å². The number of morpholine rings is 1. The molecule has 2 atom stereocenters. The zero-order valence-electron chi connectivity index (χ0n) is 14.6. The highest BCUT2D eigenvalue weighted by molar-refractivity contribution is 6.07. The molecule has 3 amide bonds. The van der Waals surface area contributed by atoms with Crippen molar-refractivity contribution in [1.82, 2.24) is 15.1 Å². The maximum atomic E-state index is 12.7. The van der Waals surface area contributed by atoms with Gasteiger partial charge in [-0.1, -0.05) is 30.3 Å². The van der Waals surface area contributed by atoms with Crippen LogP contribution in [0.2, 0.25) is 0 Å². The summed E-state index contributed by atoms with van der Waals surface area (Å²) in [4.78, 5) is 28.7. The summed E-state index contributed by atoms with van der Waals surface area (Å²) in [6, 6.07) is 10.0. The van der Waals surface area contributed by atoms with Gasteiger partial charge in [0.25, 0.3) is 5.91 Å². The Hall–Kier alpha value is -1.92. The number of amides is 3. The van der Waals surface area contributed by atoms with E-state index >= 15 is 0 Å². The summed E-state index contributed by atoms with van der Waals surface area (Å²) in [6.45, 7) is 5.27. The normalized spacial score (nSPS) is 30.6. The summed E-state index contributed by atoms with van der Waals surface area (Å²) in [6.07, 6.45) is 1.90. The number of imide groups is 1. The summed E-state index contributed by atoms with van der Waals surface area (Å²) >= 11 is 0. The number of hydrogen-bond acceptors (Lipinski definition) is 4. The molecular formula is C19H25N3O3. The third-order valence-corrected chi connectivity index (χ3v) is 5.55. The molecule has 2 aliphatic heterocycles. The van der Waals surface area contributed by atoms with Crippen molar-refractivity contribution < 1.29 is 14.3 Å². The van der Waals surface area contributed by atoms with E-state index in [4.69, 9.17) is 4.74 Å². The first-order valence-electron chi connectivity index (χ1n) is 9.08. The van der Waals surface area contributed by atoms with Crippen LogP contribution in [0, 0.1) is 5.92 Å². The molecule has 1 aliphatic carbocycles. The maximum absolute atomic E-state index is 12.7. The molecule has 1 saturated carbocycles. The summed E-state index contributed by atoms with van der Waals surface area (Å²) in [7, 11) is 0. The first-order chi connectivity index (χ1) is 12.1. The lowest BCUT2D eigenvalue weighted by Gasteiger charge is -2.34. The van der Waals surface area contributed by atoms with Crippen LogP contribution in [0.25, 0.3) is 0 Å². The largest absolute Gasteiger partial charge is 0.374 e. The lowest BCUT2D eigenvalue weighted by molar-refractivity contribution is -0.133. The lowest BCUT2D eigenvalue weighted by Crippen LogP contribution is -2.50. The Labute approximate surface area is 148 Å². The minimum absolute atomic E-state index is 0.0937. The van der Waals surface area contributed by atoms with Gasteiger partial charge in [0.15, 0.2) is 0 Å². The SMILES string of the molecule is C[C@@]1(C2CC2)NC(=O)N(C[C@@H]2CN(Cc3ccccc3)CCO2)C1=O. The first kappa shape index (κ1) is 16.5. The van der Waals surface area contributed by atoms with Gasteiger partial charge < -0.3 is 10.1 Å². The van der Waals surface area contributed by atoms with Crippen LogP contribution in [0.4, 0.5) is 4.79 Å². The van der Waals surface area contributed by atoms with Gasteiger partial charge in [0.05, 0.1) is 19.3 Å². The van der Waals surface area contributed by atoms with Gasteiger partial charge in [-0.05, 0) is 31.2 Å². The molecule has 4 rings (SSSR count). The molecule has 6 heteroatoms. The standard InChI is InChI=1S/C19H25N3O3/c1-19(15-7-8-15)17(23)22(18(24)20-19)13-16-12-21(9-10-25-16)11-14-5-3-2-4-6-14/h2-6,15-16H,7-13H2,1H3,(H,20,24)/t16-,19-/m0/s1. The van der Waals surface area contributed by atoms with Crippen molar-refractivity contribution >= 4 is 11.9 Å². The predicted molar refractivity (Wildman–Crippen MR) is 92.8 cm³/mol. The Morgan fingerprint density at radius 3 is 2.72 bits per heavy atom. The molecule has 1 aromatic carbocycles. The van der Waals surface area contributed by atoms with Crippen LogP contribution < -0.4 is 5.32 Å². The van der Waals surface area contributed by atoms with E-state index in [-0.39, 0.29) is 24.0 Å². The van der Waals surface area contributed by atoms with Gasteiger partial charge >= 0.3 is 6.03 Å². The fraction of sp³-hybridized carbons (Fsp3) is 0.579. The molecule has 2 heterocycles. The Bertz CT molecular complexity index is 661. The van der Waals surface area contributed by atoms with Crippen LogP contribution in [0.5, 0.6) is 0 Å². The quantitative estimate of drug-likeness (QED) is 0.825. The van der Waals surface area contributed by atoms with E-state index in [1.54, 1.807) is 0 Å². The first-order valence-corrected chi connectivity index (χ1v) is 9.08. The molecule has 0 bridgehead atoms. The number of hydrogen-bond donors (Lipinski definition) is 1. The number of benzene rings is 1. The molecule has 2 saturated heterocycles. The van der Waals surface area contributed by atoms with E-state index in [0.717, 1.165) is 32.5 Å². The molecule has 6 nitrogen and oxygen atoms in total. The highest BCUT2D eigenvalue weighted by atomic mass is 16.5. The molecule has 3 fully saturated rings. The highest BCUT2D eigenvalue weighted by Crippen LogP contribution is 2.42. The molecule has 0 aromatic heterocycles. The van der Waals surface area contributed by atoms with E-state index in [9.17, 15) is 9.59 Å². The van der Waals surface area contributed by atoms with Crippen LogP contribution in [0.1, 0.15) is 25.3 Å². The zero-order valence-corrected chi connectivity index (χ0v) is 14.6.